The summed E-state index contributed by atoms with van der Waals surface area (Å²) in [7, 11) is 3.53. The van der Waals surface area contributed by atoms with E-state index in [2.05, 4.69) is 0 Å². The third-order valence-corrected chi connectivity index (χ3v) is 3.52. The number of aromatic hydroxyl groups is 2. The highest BCUT2D eigenvalue weighted by atomic mass is 16.5. The fourth-order valence-electron chi connectivity index (χ4n) is 2.22. The summed E-state index contributed by atoms with van der Waals surface area (Å²) in [4.78, 5) is 1.97. The van der Waals surface area contributed by atoms with Gasteiger partial charge in [0.15, 0.2) is 0 Å². The number of anilines is 1. The summed E-state index contributed by atoms with van der Waals surface area (Å²) < 4.78 is 5.21. The summed E-state index contributed by atoms with van der Waals surface area (Å²) >= 11 is 0. The summed E-state index contributed by atoms with van der Waals surface area (Å²) in [5.41, 5.74) is 1.46. The SMILES string of the molecule is COc1cccc(N(C)C(C)c2c(O)cccc2O)c1. The number of phenolic OH excluding ortho intramolecular Hbond substituents is 2. The number of ether oxygens (including phenoxy) is 1. The maximum atomic E-state index is 9.95. The first-order valence-electron chi connectivity index (χ1n) is 6.42. The van der Waals surface area contributed by atoms with Crippen molar-refractivity contribution in [3.05, 3.63) is 48.0 Å². The van der Waals surface area contributed by atoms with Crippen LogP contribution in [0.2, 0.25) is 0 Å². The van der Waals surface area contributed by atoms with Gasteiger partial charge in [0, 0.05) is 18.8 Å². The fraction of sp³-hybridized carbons (Fsp3) is 0.250. The Labute approximate surface area is 118 Å². The van der Waals surface area contributed by atoms with Gasteiger partial charge in [-0.2, -0.15) is 0 Å². The van der Waals surface area contributed by atoms with Crippen LogP contribution < -0.4 is 9.64 Å². The van der Waals surface area contributed by atoms with E-state index in [4.69, 9.17) is 4.74 Å². The lowest BCUT2D eigenvalue weighted by Crippen LogP contribution is -2.21. The molecular weight excluding hydrogens is 254 g/mol. The van der Waals surface area contributed by atoms with Crippen molar-refractivity contribution in [1.29, 1.82) is 0 Å². The summed E-state index contributed by atoms with van der Waals surface area (Å²) in [6, 6.07) is 12.2. The van der Waals surface area contributed by atoms with E-state index in [0.717, 1.165) is 11.4 Å². The van der Waals surface area contributed by atoms with E-state index in [1.165, 1.54) is 0 Å². The number of phenols is 2. The first-order valence-corrected chi connectivity index (χ1v) is 6.42. The molecular formula is C16H19NO3. The zero-order valence-electron chi connectivity index (χ0n) is 11.9. The smallest absolute Gasteiger partial charge is 0.124 e. The molecule has 2 aromatic rings. The third-order valence-electron chi connectivity index (χ3n) is 3.52. The lowest BCUT2D eigenvalue weighted by atomic mass is 10.0. The minimum absolute atomic E-state index is 0.0900. The van der Waals surface area contributed by atoms with Gasteiger partial charge in [-0.3, -0.25) is 0 Å². The largest absolute Gasteiger partial charge is 0.507 e. The van der Waals surface area contributed by atoms with Gasteiger partial charge in [0.05, 0.1) is 18.7 Å². The van der Waals surface area contributed by atoms with Crippen LogP contribution >= 0.6 is 0 Å². The Kier molecular flexibility index (Phi) is 4.03. The van der Waals surface area contributed by atoms with Crippen LogP contribution in [0.25, 0.3) is 0 Å². The maximum absolute atomic E-state index is 9.95. The molecule has 0 spiro atoms. The Bertz CT molecular complexity index is 578. The van der Waals surface area contributed by atoms with Crippen LogP contribution in [0.15, 0.2) is 42.5 Å². The molecule has 0 aromatic heterocycles. The quantitative estimate of drug-likeness (QED) is 0.897. The molecule has 1 atom stereocenters. The van der Waals surface area contributed by atoms with E-state index in [0.29, 0.717) is 5.56 Å². The topological polar surface area (TPSA) is 52.9 Å². The van der Waals surface area contributed by atoms with Crippen LogP contribution in [0.3, 0.4) is 0 Å². The number of hydrogen-bond acceptors (Lipinski definition) is 4. The summed E-state index contributed by atoms with van der Waals surface area (Å²) in [6.07, 6.45) is 0. The molecule has 0 heterocycles. The van der Waals surface area contributed by atoms with Gasteiger partial charge < -0.3 is 19.8 Å². The first kappa shape index (κ1) is 14.1. The van der Waals surface area contributed by atoms with Gasteiger partial charge in [-0.05, 0) is 31.2 Å². The molecule has 2 N–H and O–H groups in total. The van der Waals surface area contributed by atoms with Gasteiger partial charge in [-0.15, -0.1) is 0 Å². The van der Waals surface area contributed by atoms with E-state index in [-0.39, 0.29) is 17.5 Å². The lowest BCUT2D eigenvalue weighted by molar-refractivity contribution is 0.414. The highest BCUT2D eigenvalue weighted by Gasteiger charge is 2.19. The van der Waals surface area contributed by atoms with Gasteiger partial charge >= 0.3 is 0 Å². The molecule has 4 heteroatoms. The van der Waals surface area contributed by atoms with Crippen molar-refractivity contribution >= 4 is 5.69 Å². The molecule has 0 saturated carbocycles. The second kappa shape index (κ2) is 5.74. The first-order chi connectivity index (χ1) is 9.54. The van der Waals surface area contributed by atoms with E-state index >= 15 is 0 Å². The van der Waals surface area contributed by atoms with E-state index in [1.807, 2.05) is 43.1 Å². The van der Waals surface area contributed by atoms with Crippen LogP contribution in [-0.2, 0) is 0 Å². The van der Waals surface area contributed by atoms with Crippen LogP contribution in [0.5, 0.6) is 17.2 Å². The van der Waals surface area contributed by atoms with Crippen LogP contribution in [0.4, 0.5) is 5.69 Å². The molecule has 0 aliphatic heterocycles. The molecule has 4 nitrogen and oxygen atoms in total. The Morgan fingerprint density at radius 1 is 1.05 bits per heavy atom. The summed E-state index contributed by atoms with van der Waals surface area (Å²) in [5, 5.41) is 19.9. The van der Waals surface area contributed by atoms with Gasteiger partial charge in [0.2, 0.25) is 0 Å². The minimum Gasteiger partial charge on any atom is -0.507 e. The lowest BCUT2D eigenvalue weighted by Gasteiger charge is -2.28. The highest BCUT2D eigenvalue weighted by molar-refractivity contribution is 5.55. The normalized spacial score (nSPS) is 11.9. The summed E-state index contributed by atoms with van der Waals surface area (Å²) in [6.45, 7) is 1.92. The molecule has 2 rings (SSSR count). The van der Waals surface area contributed by atoms with Crippen LogP contribution in [0, 0.1) is 0 Å². The van der Waals surface area contributed by atoms with Gasteiger partial charge in [-0.25, -0.2) is 0 Å². The van der Waals surface area contributed by atoms with Crippen LogP contribution in [-0.4, -0.2) is 24.4 Å². The monoisotopic (exact) mass is 273 g/mol. The zero-order chi connectivity index (χ0) is 14.7. The molecule has 0 aliphatic rings. The zero-order valence-corrected chi connectivity index (χ0v) is 11.9. The van der Waals surface area contributed by atoms with Crippen molar-refractivity contribution in [2.45, 2.75) is 13.0 Å². The van der Waals surface area contributed by atoms with E-state index < -0.39 is 0 Å². The molecule has 0 bridgehead atoms. The molecule has 2 aromatic carbocycles. The molecule has 0 fully saturated rings. The fourth-order valence-corrected chi connectivity index (χ4v) is 2.22. The van der Waals surface area contributed by atoms with Gasteiger partial charge in [-0.1, -0.05) is 12.1 Å². The van der Waals surface area contributed by atoms with E-state index in [9.17, 15) is 10.2 Å². The minimum atomic E-state index is -0.177. The van der Waals surface area contributed by atoms with Crippen molar-refractivity contribution in [2.24, 2.45) is 0 Å². The molecule has 1 unspecified atom stereocenters. The van der Waals surface area contributed by atoms with Crippen molar-refractivity contribution < 1.29 is 14.9 Å². The van der Waals surface area contributed by atoms with Crippen molar-refractivity contribution in [2.75, 3.05) is 19.1 Å². The van der Waals surface area contributed by atoms with E-state index in [1.54, 1.807) is 25.3 Å². The molecule has 0 amide bonds. The van der Waals surface area contributed by atoms with Crippen molar-refractivity contribution in [3.63, 3.8) is 0 Å². The number of nitrogens with zero attached hydrogens (tertiary/aromatic N) is 1. The standard InChI is InChI=1S/C16H19NO3/c1-11(16-14(18)8-5-9-15(16)19)17(2)12-6-4-7-13(10-12)20-3/h4-11,18-19H,1-3H3. The van der Waals surface area contributed by atoms with Crippen molar-refractivity contribution in [1.82, 2.24) is 0 Å². The Morgan fingerprint density at radius 3 is 2.25 bits per heavy atom. The van der Waals surface area contributed by atoms with Gasteiger partial charge in [0.25, 0.3) is 0 Å². The molecule has 0 radical (unpaired) electrons. The molecule has 0 saturated heterocycles. The number of methoxy groups -OCH3 is 1. The second-order valence-corrected chi connectivity index (χ2v) is 4.70. The van der Waals surface area contributed by atoms with Crippen molar-refractivity contribution in [3.8, 4) is 17.2 Å². The Morgan fingerprint density at radius 2 is 1.65 bits per heavy atom. The number of benzene rings is 2. The predicted octanol–water partition coefficient (Wildman–Crippen LogP) is 3.30. The molecule has 20 heavy (non-hydrogen) atoms. The molecule has 0 aliphatic carbocycles. The average molecular weight is 273 g/mol. The number of rotatable bonds is 4. The highest BCUT2D eigenvalue weighted by Crippen LogP contribution is 2.37. The number of hydrogen-bond donors (Lipinski definition) is 2. The Balaban J connectivity index is 2.34. The second-order valence-electron chi connectivity index (χ2n) is 4.70. The predicted molar refractivity (Wildman–Crippen MR) is 79.6 cm³/mol. The van der Waals surface area contributed by atoms with Crippen LogP contribution in [0.1, 0.15) is 18.5 Å². The summed E-state index contributed by atoms with van der Waals surface area (Å²) in [5.74, 6) is 0.947. The molecule has 106 valence electrons. The van der Waals surface area contributed by atoms with Gasteiger partial charge in [0.1, 0.15) is 17.2 Å². The maximum Gasteiger partial charge on any atom is 0.124 e. The third kappa shape index (κ3) is 2.64. The average Bonchev–Trinajstić information content (AvgIpc) is 2.46. The Hall–Kier alpha value is -2.36.